The highest BCUT2D eigenvalue weighted by Gasteiger charge is 2.50. The van der Waals surface area contributed by atoms with Crippen molar-refractivity contribution in [3.8, 4) is 40.0 Å². The molecule has 1 aliphatic heterocycles. The van der Waals surface area contributed by atoms with E-state index in [0.717, 1.165) is 52.6 Å². The van der Waals surface area contributed by atoms with Gasteiger partial charge in [-0.2, -0.15) is 4.98 Å². The SMILES string of the molecule is COc1nc(-c2cccc(-c3cccc4c3CC[C@@H]4Oc3nc(OC)c(CNC4(C(=O)O)CC4)cc3Cl)c2Cl)ccc1CNC[C@@H]1CCC(=O)N1. The second-order valence-corrected chi connectivity index (χ2v) is 14.0. The van der Waals surface area contributed by atoms with Gasteiger partial charge >= 0.3 is 5.97 Å². The monoisotopic (exact) mass is 731 g/mol. The van der Waals surface area contributed by atoms with Gasteiger partial charge in [0.1, 0.15) is 16.7 Å². The molecule has 13 heteroatoms. The van der Waals surface area contributed by atoms with Crippen LogP contribution in [0.5, 0.6) is 17.6 Å². The molecule has 0 radical (unpaired) electrons. The van der Waals surface area contributed by atoms with Crippen molar-refractivity contribution in [2.45, 2.75) is 69.3 Å². The second kappa shape index (κ2) is 14.7. The van der Waals surface area contributed by atoms with Gasteiger partial charge in [0.25, 0.3) is 0 Å². The first-order chi connectivity index (χ1) is 24.7. The second-order valence-electron chi connectivity index (χ2n) is 13.2. The van der Waals surface area contributed by atoms with E-state index in [-0.39, 0.29) is 30.5 Å². The number of methoxy groups -OCH3 is 2. The van der Waals surface area contributed by atoms with Crippen LogP contribution in [-0.4, -0.2) is 59.3 Å². The lowest BCUT2D eigenvalue weighted by Gasteiger charge is -2.19. The first-order valence-corrected chi connectivity index (χ1v) is 17.8. The van der Waals surface area contributed by atoms with Crippen LogP contribution in [0.4, 0.5) is 0 Å². The number of nitrogens with one attached hydrogen (secondary N) is 3. The van der Waals surface area contributed by atoms with E-state index in [1.807, 2.05) is 36.4 Å². The average Bonchev–Trinajstić information content (AvgIpc) is 3.66. The summed E-state index contributed by atoms with van der Waals surface area (Å²) in [4.78, 5) is 32.5. The number of benzene rings is 2. The predicted molar refractivity (Wildman–Crippen MR) is 193 cm³/mol. The highest BCUT2D eigenvalue weighted by molar-refractivity contribution is 6.36. The number of fused-ring (bicyclic) bond motifs is 1. The van der Waals surface area contributed by atoms with Gasteiger partial charge in [0.2, 0.25) is 23.5 Å². The fourth-order valence-electron chi connectivity index (χ4n) is 6.94. The van der Waals surface area contributed by atoms with Gasteiger partial charge < -0.3 is 30.0 Å². The van der Waals surface area contributed by atoms with Crippen LogP contribution >= 0.6 is 23.2 Å². The Bertz CT molecular complexity index is 1990. The molecule has 2 atom stereocenters. The summed E-state index contributed by atoms with van der Waals surface area (Å²) in [5, 5.41) is 19.9. The molecule has 3 aliphatic rings. The molecule has 4 aromatic rings. The molecule has 4 N–H and O–H groups in total. The molecular formula is C38H39Cl2N5O6. The standard InChI is InChI=1S/C38H39Cl2N5O6/c1-49-34-21(18-41-20-23-10-14-32(46)43-23)9-12-30(44-34)28-8-4-7-27(33(28)40)24-5-3-6-26-25(24)11-13-31(26)51-36-29(39)17-22(35(45-36)50-2)19-42-38(15-16-38)37(47)48/h3-9,12,17,23,31,41-42H,10-11,13-16,18-20H2,1-2H3,(H,43,46)(H,47,48)/t23-,31-/m0/s1. The Hall–Kier alpha value is -4.42. The van der Waals surface area contributed by atoms with Gasteiger partial charge in [-0.1, -0.05) is 65.7 Å². The third-order valence-corrected chi connectivity index (χ3v) is 10.6. The largest absolute Gasteiger partial charge is 0.481 e. The van der Waals surface area contributed by atoms with E-state index < -0.39 is 11.5 Å². The van der Waals surface area contributed by atoms with Crippen LogP contribution in [-0.2, 0) is 29.1 Å². The molecule has 1 saturated heterocycles. The number of carboxylic acids is 1. The number of pyridine rings is 2. The van der Waals surface area contributed by atoms with Crippen LogP contribution in [0.15, 0.2) is 54.6 Å². The number of carboxylic acid groups (broad SMARTS) is 1. The van der Waals surface area contributed by atoms with Crippen LogP contribution in [0.25, 0.3) is 22.4 Å². The summed E-state index contributed by atoms with van der Waals surface area (Å²) in [7, 11) is 3.12. The van der Waals surface area contributed by atoms with Gasteiger partial charge in [-0.3, -0.25) is 14.9 Å². The molecule has 2 aromatic heterocycles. The lowest BCUT2D eigenvalue weighted by Crippen LogP contribution is -2.38. The fraction of sp³-hybridized carbons (Fsp3) is 0.368. The summed E-state index contributed by atoms with van der Waals surface area (Å²) in [5.74, 6) is 0.324. The minimum absolute atomic E-state index is 0.0972. The Morgan fingerprint density at radius 1 is 0.922 bits per heavy atom. The van der Waals surface area contributed by atoms with E-state index in [4.69, 9.17) is 42.4 Å². The summed E-state index contributed by atoms with van der Waals surface area (Å²) in [6, 6.07) is 17.9. The molecule has 0 bridgehead atoms. The van der Waals surface area contributed by atoms with Crippen LogP contribution < -0.4 is 30.2 Å². The molecule has 7 rings (SSSR count). The van der Waals surface area contributed by atoms with Gasteiger partial charge in [-0.15, -0.1) is 0 Å². The number of carbonyl (C=O) groups is 2. The predicted octanol–water partition coefficient (Wildman–Crippen LogP) is 6.28. The first kappa shape index (κ1) is 35.0. The van der Waals surface area contributed by atoms with Gasteiger partial charge in [0.15, 0.2) is 0 Å². The molecule has 2 aliphatic carbocycles. The van der Waals surface area contributed by atoms with Gasteiger partial charge in [-0.05, 0) is 60.9 Å². The smallest absolute Gasteiger partial charge is 0.323 e. The number of aromatic nitrogens is 2. The molecule has 2 aromatic carbocycles. The third kappa shape index (κ3) is 7.21. The van der Waals surface area contributed by atoms with Crippen LogP contribution in [0.3, 0.4) is 0 Å². The van der Waals surface area contributed by atoms with Crippen molar-refractivity contribution in [2.24, 2.45) is 0 Å². The van der Waals surface area contributed by atoms with Gasteiger partial charge in [0, 0.05) is 54.4 Å². The lowest BCUT2D eigenvalue weighted by atomic mass is 9.94. The molecule has 0 spiro atoms. The Morgan fingerprint density at radius 2 is 1.67 bits per heavy atom. The zero-order valence-corrected chi connectivity index (χ0v) is 29.9. The molecule has 1 amide bonds. The van der Waals surface area contributed by atoms with E-state index in [1.165, 1.54) is 7.11 Å². The fourth-order valence-corrected chi connectivity index (χ4v) is 7.48. The zero-order valence-electron chi connectivity index (χ0n) is 28.4. The van der Waals surface area contributed by atoms with Crippen molar-refractivity contribution in [2.75, 3.05) is 20.8 Å². The highest BCUT2D eigenvalue weighted by atomic mass is 35.5. The summed E-state index contributed by atoms with van der Waals surface area (Å²) < 4.78 is 17.6. The summed E-state index contributed by atoms with van der Waals surface area (Å²) in [5.41, 5.74) is 6.22. The van der Waals surface area contributed by atoms with Crippen LogP contribution in [0, 0.1) is 0 Å². The molecule has 51 heavy (non-hydrogen) atoms. The first-order valence-electron chi connectivity index (χ1n) is 17.0. The molecule has 0 unspecified atom stereocenters. The topological polar surface area (TPSA) is 144 Å². The van der Waals surface area contributed by atoms with Crippen molar-refractivity contribution in [1.29, 1.82) is 0 Å². The Kier molecular flexibility index (Phi) is 10.1. The third-order valence-electron chi connectivity index (χ3n) is 9.91. The molecular weight excluding hydrogens is 693 g/mol. The van der Waals surface area contributed by atoms with Crippen LogP contribution in [0.2, 0.25) is 10.0 Å². The molecule has 3 heterocycles. The number of amides is 1. The van der Waals surface area contributed by atoms with Crippen LogP contribution in [0.1, 0.15) is 60.5 Å². The van der Waals surface area contributed by atoms with Crippen molar-refractivity contribution < 1.29 is 28.9 Å². The number of nitrogens with zero attached hydrogens (tertiary/aromatic N) is 2. The lowest BCUT2D eigenvalue weighted by molar-refractivity contribution is -0.140. The maximum absolute atomic E-state index is 11.6. The summed E-state index contributed by atoms with van der Waals surface area (Å²) >= 11 is 13.8. The average molecular weight is 733 g/mol. The Balaban J connectivity index is 1.09. The van der Waals surface area contributed by atoms with E-state index in [9.17, 15) is 14.7 Å². The number of aliphatic carboxylic acids is 1. The number of ether oxygens (including phenoxy) is 3. The summed E-state index contributed by atoms with van der Waals surface area (Å²) in [6.45, 7) is 1.48. The van der Waals surface area contributed by atoms with E-state index in [1.54, 1.807) is 13.2 Å². The minimum atomic E-state index is -0.900. The zero-order chi connectivity index (χ0) is 35.7. The molecule has 11 nitrogen and oxygen atoms in total. The van der Waals surface area contributed by atoms with Crippen molar-refractivity contribution in [1.82, 2.24) is 25.9 Å². The normalized spacial score (nSPS) is 18.6. The Labute approximate surface area is 306 Å². The van der Waals surface area contributed by atoms with E-state index >= 15 is 0 Å². The van der Waals surface area contributed by atoms with Gasteiger partial charge in [0.05, 0.1) is 24.9 Å². The van der Waals surface area contributed by atoms with E-state index in [2.05, 4.69) is 33.1 Å². The minimum Gasteiger partial charge on any atom is -0.481 e. The highest BCUT2D eigenvalue weighted by Crippen LogP contribution is 2.45. The van der Waals surface area contributed by atoms with E-state index in [0.29, 0.717) is 65.4 Å². The maximum Gasteiger partial charge on any atom is 0.323 e. The summed E-state index contributed by atoms with van der Waals surface area (Å²) in [6.07, 6.45) is 3.75. The van der Waals surface area contributed by atoms with Crippen molar-refractivity contribution in [3.05, 3.63) is 86.9 Å². The quantitative estimate of drug-likeness (QED) is 0.117. The number of carbonyl (C=O) groups excluding carboxylic acids is 1. The number of halogens is 2. The maximum atomic E-state index is 11.6. The number of hydrogen-bond acceptors (Lipinski definition) is 9. The molecule has 2 fully saturated rings. The van der Waals surface area contributed by atoms with Gasteiger partial charge in [-0.25, -0.2) is 4.98 Å². The van der Waals surface area contributed by atoms with Crippen molar-refractivity contribution >= 4 is 35.1 Å². The number of rotatable bonds is 14. The Morgan fingerprint density at radius 3 is 2.39 bits per heavy atom. The molecule has 266 valence electrons. The number of hydrogen-bond donors (Lipinski definition) is 4. The molecule has 1 saturated carbocycles. The van der Waals surface area contributed by atoms with Crippen molar-refractivity contribution in [3.63, 3.8) is 0 Å².